The van der Waals surface area contributed by atoms with E-state index in [9.17, 15) is 9.90 Å². The molecule has 0 aliphatic carbocycles. The first-order valence-electron chi connectivity index (χ1n) is 9.18. The molecule has 0 saturated heterocycles. The maximum Gasteiger partial charge on any atom is 0.271 e. The van der Waals surface area contributed by atoms with Gasteiger partial charge in [-0.3, -0.25) is 4.79 Å². The molecule has 1 aromatic heterocycles. The first-order chi connectivity index (χ1) is 14.7. The first-order valence-corrected chi connectivity index (χ1v) is 10.1. The van der Waals surface area contributed by atoms with E-state index in [1.807, 2.05) is 47.8 Å². The van der Waals surface area contributed by atoms with Crippen molar-refractivity contribution in [3.63, 3.8) is 0 Å². The number of amides is 1. The Hall–Kier alpha value is -3.97. The molecule has 148 valence electrons. The van der Waals surface area contributed by atoms with Crippen LogP contribution in [0.4, 0.5) is 10.8 Å². The number of benzene rings is 3. The van der Waals surface area contributed by atoms with Crippen molar-refractivity contribution in [1.29, 1.82) is 0 Å². The second-order valence-electron chi connectivity index (χ2n) is 6.36. The summed E-state index contributed by atoms with van der Waals surface area (Å²) >= 11 is 1.52. The topological polar surface area (TPSA) is 86.6 Å². The summed E-state index contributed by atoms with van der Waals surface area (Å²) in [4.78, 5) is 16.8. The summed E-state index contributed by atoms with van der Waals surface area (Å²) in [5, 5.41) is 19.6. The number of nitrogens with zero attached hydrogens (tertiary/aromatic N) is 2. The van der Waals surface area contributed by atoms with Crippen LogP contribution < -0.4 is 10.7 Å². The summed E-state index contributed by atoms with van der Waals surface area (Å²) in [7, 11) is 0. The van der Waals surface area contributed by atoms with Crippen molar-refractivity contribution < 1.29 is 9.90 Å². The number of carbonyl (C=O) groups is 1. The highest BCUT2D eigenvalue weighted by atomic mass is 32.1. The van der Waals surface area contributed by atoms with Crippen molar-refractivity contribution >= 4 is 34.3 Å². The SMILES string of the molecule is O=C(N/N=C\c1ccccc1O)c1ccc(Nc2nc(-c3ccccc3)cs2)cc1. The molecule has 3 N–H and O–H groups in total. The molecule has 0 bridgehead atoms. The average Bonchev–Trinajstić information content (AvgIpc) is 3.25. The van der Waals surface area contributed by atoms with Crippen molar-refractivity contribution in [3.05, 3.63) is 95.4 Å². The van der Waals surface area contributed by atoms with Gasteiger partial charge in [0.05, 0.1) is 11.9 Å². The van der Waals surface area contributed by atoms with Crippen molar-refractivity contribution in [1.82, 2.24) is 10.4 Å². The van der Waals surface area contributed by atoms with Crippen LogP contribution in [-0.4, -0.2) is 22.2 Å². The Labute approximate surface area is 177 Å². The molecule has 0 atom stereocenters. The summed E-state index contributed by atoms with van der Waals surface area (Å²) in [6.45, 7) is 0. The van der Waals surface area contributed by atoms with Gasteiger partial charge in [-0.2, -0.15) is 5.10 Å². The minimum absolute atomic E-state index is 0.100. The van der Waals surface area contributed by atoms with Gasteiger partial charge < -0.3 is 10.4 Å². The number of nitrogens with one attached hydrogen (secondary N) is 2. The van der Waals surface area contributed by atoms with Gasteiger partial charge in [0.2, 0.25) is 0 Å². The predicted molar refractivity (Wildman–Crippen MR) is 120 cm³/mol. The van der Waals surface area contributed by atoms with Crippen LogP contribution in [0.5, 0.6) is 5.75 Å². The lowest BCUT2D eigenvalue weighted by Crippen LogP contribution is -2.17. The zero-order chi connectivity index (χ0) is 20.8. The Morgan fingerprint density at radius 1 is 0.967 bits per heavy atom. The highest BCUT2D eigenvalue weighted by Crippen LogP contribution is 2.27. The Morgan fingerprint density at radius 3 is 2.47 bits per heavy atom. The zero-order valence-corrected chi connectivity index (χ0v) is 16.6. The fraction of sp³-hybridized carbons (Fsp3) is 0. The number of para-hydroxylation sites is 1. The predicted octanol–water partition coefficient (Wildman–Crippen LogP) is 5.02. The molecule has 4 aromatic rings. The summed E-state index contributed by atoms with van der Waals surface area (Å²) in [5.74, 6) is -0.239. The van der Waals surface area contributed by atoms with Gasteiger partial charge in [-0.1, -0.05) is 42.5 Å². The number of hydrogen-bond donors (Lipinski definition) is 3. The number of thiazole rings is 1. The minimum Gasteiger partial charge on any atom is -0.507 e. The normalized spacial score (nSPS) is 10.8. The monoisotopic (exact) mass is 414 g/mol. The molecule has 1 amide bonds. The molecule has 0 aliphatic heterocycles. The fourth-order valence-corrected chi connectivity index (χ4v) is 3.46. The van der Waals surface area contributed by atoms with E-state index in [2.05, 4.69) is 20.8 Å². The number of carbonyl (C=O) groups excluding carboxylic acids is 1. The van der Waals surface area contributed by atoms with Gasteiger partial charge in [0.25, 0.3) is 5.91 Å². The van der Waals surface area contributed by atoms with E-state index in [0.717, 1.165) is 22.1 Å². The summed E-state index contributed by atoms with van der Waals surface area (Å²) in [5.41, 5.74) is 6.27. The van der Waals surface area contributed by atoms with Crippen LogP contribution in [0.1, 0.15) is 15.9 Å². The Bertz CT molecular complexity index is 1170. The highest BCUT2D eigenvalue weighted by molar-refractivity contribution is 7.14. The lowest BCUT2D eigenvalue weighted by Gasteiger charge is -2.04. The van der Waals surface area contributed by atoms with Crippen LogP contribution in [0.25, 0.3) is 11.3 Å². The highest BCUT2D eigenvalue weighted by Gasteiger charge is 2.07. The van der Waals surface area contributed by atoms with E-state index in [1.54, 1.807) is 36.4 Å². The van der Waals surface area contributed by atoms with Gasteiger partial charge in [0.15, 0.2) is 5.13 Å². The second kappa shape index (κ2) is 9.02. The molecular formula is C23H18N4O2S. The van der Waals surface area contributed by atoms with Crippen LogP contribution in [-0.2, 0) is 0 Å². The van der Waals surface area contributed by atoms with Crippen LogP contribution in [0, 0.1) is 0 Å². The number of rotatable bonds is 6. The van der Waals surface area contributed by atoms with Gasteiger partial charge in [-0.05, 0) is 36.4 Å². The Balaban J connectivity index is 1.36. The fourth-order valence-electron chi connectivity index (χ4n) is 2.72. The van der Waals surface area contributed by atoms with Gasteiger partial charge in [0.1, 0.15) is 5.75 Å². The van der Waals surface area contributed by atoms with Gasteiger partial charge >= 0.3 is 0 Å². The Kier molecular flexibility index (Phi) is 5.82. The van der Waals surface area contributed by atoms with Crippen molar-refractivity contribution in [2.75, 3.05) is 5.32 Å². The van der Waals surface area contributed by atoms with Gasteiger partial charge in [-0.15, -0.1) is 11.3 Å². The molecule has 0 spiro atoms. The zero-order valence-electron chi connectivity index (χ0n) is 15.8. The molecule has 0 radical (unpaired) electrons. The number of hydrazone groups is 1. The number of aromatic hydroxyl groups is 1. The van der Waals surface area contributed by atoms with Crippen molar-refractivity contribution in [2.24, 2.45) is 5.10 Å². The van der Waals surface area contributed by atoms with Crippen molar-refractivity contribution in [2.45, 2.75) is 0 Å². The van der Waals surface area contributed by atoms with Gasteiger partial charge in [0, 0.05) is 27.8 Å². The van der Waals surface area contributed by atoms with Crippen LogP contribution in [0.15, 0.2) is 89.3 Å². The molecule has 0 saturated carbocycles. The third-order valence-electron chi connectivity index (χ3n) is 4.28. The molecule has 0 unspecified atom stereocenters. The molecule has 3 aromatic carbocycles. The number of hydrogen-bond acceptors (Lipinski definition) is 6. The van der Waals surface area contributed by atoms with Crippen LogP contribution >= 0.6 is 11.3 Å². The second-order valence-corrected chi connectivity index (χ2v) is 7.22. The largest absolute Gasteiger partial charge is 0.507 e. The van der Waals surface area contributed by atoms with E-state index in [4.69, 9.17) is 0 Å². The maximum atomic E-state index is 12.2. The van der Waals surface area contributed by atoms with E-state index in [-0.39, 0.29) is 11.7 Å². The molecule has 4 rings (SSSR count). The molecule has 30 heavy (non-hydrogen) atoms. The standard InChI is InChI=1S/C23H18N4O2S/c28-21-9-5-4-8-18(21)14-24-27-22(29)17-10-12-19(13-11-17)25-23-26-20(15-30-23)16-6-2-1-3-7-16/h1-15,28H,(H,25,26)(H,27,29)/b24-14-. The first kappa shape index (κ1) is 19.4. The molecule has 0 fully saturated rings. The number of anilines is 2. The third kappa shape index (κ3) is 4.71. The lowest BCUT2D eigenvalue weighted by atomic mass is 10.2. The van der Waals surface area contributed by atoms with E-state index < -0.39 is 0 Å². The molecular weight excluding hydrogens is 396 g/mol. The van der Waals surface area contributed by atoms with E-state index in [1.165, 1.54) is 17.6 Å². The van der Waals surface area contributed by atoms with E-state index in [0.29, 0.717) is 11.1 Å². The lowest BCUT2D eigenvalue weighted by molar-refractivity contribution is 0.0955. The molecule has 6 nitrogen and oxygen atoms in total. The van der Waals surface area contributed by atoms with Crippen LogP contribution in [0.3, 0.4) is 0 Å². The smallest absolute Gasteiger partial charge is 0.271 e. The number of phenolic OH excluding ortho intramolecular Hbond substituents is 1. The minimum atomic E-state index is -0.339. The van der Waals surface area contributed by atoms with E-state index >= 15 is 0 Å². The molecule has 1 heterocycles. The molecule has 7 heteroatoms. The maximum absolute atomic E-state index is 12.2. The number of phenols is 1. The third-order valence-corrected chi connectivity index (χ3v) is 5.04. The number of aromatic nitrogens is 1. The van der Waals surface area contributed by atoms with Crippen LogP contribution in [0.2, 0.25) is 0 Å². The summed E-state index contributed by atoms with van der Waals surface area (Å²) < 4.78 is 0. The average molecular weight is 414 g/mol. The summed E-state index contributed by atoms with van der Waals surface area (Å²) in [6, 6.07) is 23.8. The molecule has 0 aliphatic rings. The van der Waals surface area contributed by atoms with Gasteiger partial charge in [-0.25, -0.2) is 10.4 Å². The summed E-state index contributed by atoms with van der Waals surface area (Å²) in [6.07, 6.45) is 1.40. The quantitative estimate of drug-likeness (QED) is 0.305. The van der Waals surface area contributed by atoms with Crippen molar-refractivity contribution in [3.8, 4) is 17.0 Å². The Morgan fingerprint density at radius 2 is 1.70 bits per heavy atom.